The summed E-state index contributed by atoms with van der Waals surface area (Å²) >= 11 is 0. The molecule has 4 fully saturated rings. The lowest BCUT2D eigenvalue weighted by Crippen LogP contribution is -2.53. The monoisotopic (exact) mass is 375 g/mol. The molecule has 2 bridgehead atoms. The van der Waals surface area contributed by atoms with Gasteiger partial charge in [0.05, 0.1) is 18.2 Å². The van der Waals surface area contributed by atoms with Crippen molar-refractivity contribution >= 4 is 11.9 Å². The molecule has 3 amide bonds. The molecule has 4 aliphatic heterocycles. The molecular formula is C19H29N5O3. The van der Waals surface area contributed by atoms with E-state index in [0.717, 1.165) is 56.0 Å². The molecule has 0 aromatic carbocycles. The molecule has 8 heteroatoms. The number of carbonyl (C=O) groups excluding carboxylic acids is 2. The van der Waals surface area contributed by atoms with Gasteiger partial charge in [-0.3, -0.25) is 4.79 Å². The molecule has 0 saturated carbocycles. The molecule has 148 valence electrons. The summed E-state index contributed by atoms with van der Waals surface area (Å²) in [5, 5.41) is 4.01. The molecule has 5 rings (SSSR count). The van der Waals surface area contributed by atoms with Crippen molar-refractivity contribution in [2.45, 2.75) is 39.3 Å². The first-order valence-electron chi connectivity index (χ1n) is 9.88. The minimum absolute atomic E-state index is 0.0707. The number of hydrogen-bond donors (Lipinski definition) is 0. The molecule has 2 atom stereocenters. The fraction of sp³-hybridized carbons (Fsp3) is 0.737. The quantitative estimate of drug-likeness (QED) is 0.773. The summed E-state index contributed by atoms with van der Waals surface area (Å²) in [4.78, 5) is 34.2. The topological polar surface area (TPSA) is 73.1 Å². The zero-order valence-corrected chi connectivity index (χ0v) is 16.5. The first kappa shape index (κ1) is 18.3. The van der Waals surface area contributed by atoms with Crippen molar-refractivity contribution in [2.24, 2.45) is 5.92 Å². The zero-order valence-electron chi connectivity index (χ0n) is 16.5. The Morgan fingerprint density at radius 3 is 2.52 bits per heavy atom. The number of aryl methyl sites for hydroxylation is 2. The molecule has 0 N–H and O–H groups in total. The van der Waals surface area contributed by atoms with Gasteiger partial charge >= 0.3 is 6.03 Å². The van der Waals surface area contributed by atoms with E-state index in [-0.39, 0.29) is 23.9 Å². The first-order chi connectivity index (χ1) is 12.9. The van der Waals surface area contributed by atoms with E-state index in [2.05, 4.69) is 17.1 Å². The third-order valence-corrected chi connectivity index (χ3v) is 6.35. The molecule has 27 heavy (non-hydrogen) atoms. The fourth-order valence-corrected chi connectivity index (χ4v) is 4.50. The molecule has 0 spiro atoms. The van der Waals surface area contributed by atoms with Gasteiger partial charge in [-0.1, -0.05) is 5.16 Å². The summed E-state index contributed by atoms with van der Waals surface area (Å²) in [5.74, 6) is 0.839. The van der Waals surface area contributed by atoms with Gasteiger partial charge in [0.25, 0.3) is 0 Å². The highest BCUT2D eigenvalue weighted by Crippen LogP contribution is 2.32. The van der Waals surface area contributed by atoms with Crippen LogP contribution in [0.2, 0.25) is 0 Å². The van der Waals surface area contributed by atoms with Crippen molar-refractivity contribution in [3.63, 3.8) is 0 Å². The summed E-state index contributed by atoms with van der Waals surface area (Å²) in [6.07, 6.45) is 1.82. The van der Waals surface area contributed by atoms with Gasteiger partial charge in [-0.25, -0.2) is 4.79 Å². The standard InChI is InChI=1S/C19H29N5O3/c1-13-17(14(2)27-20-13)12-24-16-5-4-15(18(24)25)10-23(11-16)19(26)22-8-6-21(3)7-9-22/h15-16H,4-12H2,1-3H3. The first-order valence-corrected chi connectivity index (χ1v) is 9.88. The Hall–Kier alpha value is -2.09. The van der Waals surface area contributed by atoms with Crippen LogP contribution in [0.1, 0.15) is 29.9 Å². The molecule has 2 unspecified atom stereocenters. The van der Waals surface area contributed by atoms with Crippen LogP contribution in [0.4, 0.5) is 4.79 Å². The molecule has 0 aliphatic carbocycles. The number of piperazine rings is 1. The van der Waals surface area contributed by atoms with Crippen LogP contribution in [0.3, 0.4) is 0 Å². The largest absolute Gasteiger partial charge is 0.361 e. The van der Waals surface area contributed by atoms with E-state index in [1.807, 2.05) is 28.5 Å². The van der Waals surface area contributed by atoms with E-state index in [1.54, 1.807) is 0 Å². The van der Waals surface area contributed by atoms with Crippen LogP contribution in [0.15, 0.2) is 4.52 Å². The number of fused-ring (bicyclic) bond motifs is 4. The number of rotatable bonds is 2. The zero-order chi connectivity index (χ0) is 19.1. The Bertz CT molecular complexity index is 705. The number of piperidine rings is 1. The van der Waals surface area contributed by atoms with Gasteiger partial charge < -0.3 is 24.1 Å². The fourth-order valence-electron chi connectivity index (χ4n) is 4.50. The van der Waals surface area contributed by atoms with Crippen molar-refractivity contribution in [2.75, 3.05) is 46.3 Å². The third-order valence-electron chi connectivity index (χ3n) is 6.35. The lowest BCUT2D eigenvalue weighted by Gasteiger charge is -2.37. The number of hydrogen-bond acceptors (Lipinski definition) is 5. The van der Waals surface area contributed by atoms with Crippen LogP contribution in [0.5, 0.6) is 0 Å². The average Bonchev–Trinajstić information content (AvgIpc) is 2.83. The van der Waals surface area contributed by atoms with Gasteiger partial charge in [-0.15, -0.1) is 0 Å². The van der Waals surface area contributed by atoms with Crippen molar-refractivity contribution in [1.29, 1.82) is 0 Å². The van der Waals surface area contributed by atoms with Crippen LogP contribution in [-0.2, 0) is 11.3 Å². The number of aromatic nitrogens is 1. The number of likely N-dealkylation sites (N-methyl/N-ethyl adjacent to an activating group) is 1. The Kier molecular flexibility index (Phi) is 4.84. The number of nitrogens with zero attached hydrogens (tertiary/aromatic N) is 5. The highest BCUT2D eigenvalue weighted by molar-refractivity contribution is 5.83. The van der Waals surface area contributed by atoms with Gasteiger partial charge in [0.2, 0.25) is 5.91 Å². The summed E-state index contributed by atoms with van der Waals surface area (Å²) in [6, 6.07) is 0.161. The molecule has 5 heterocycles. The molecular weight excluding hydrogens is 346 g/mol. The van der Waals surface area contributed by atoms with E-state index >= 15 is 0 Å². The molecule has 1 aromatic rings. The normalized spacial score (nSPS) is 26.6. The maximum atomic E-state index is 13.1. The highest BCUT2D eigenvalue weighted by atomic mass is 16.5. The van der Waals surface area contributed by atoms with Crippen molar-refractivity contribution in [3.8, 4) is 0 Å². The third kappa shape index (κ3) is 3.42. The van der Waals surface area contributed by atoms with Gasteiger partial charge in [-0.05, 0) is 33.7 Å². The lowest BCUT2D eigenvalue weighted by molar-refractivity contribution is -0.140. The molecule has 8 nitrogen and oxygen atoms in total. The summed E-state index contributed by atoms with van der Waals surface area (Å²) in [6.45, 7) is 8.82. The SMILES string of the molecule is Cc1noc(C)c1CN1C(=O)C2CCC1CN(C(=O)N1CCN(C)CC1)C2. The van der Waals surface area contributed by atoms with E-state index < -0.39 is 0 Å². The maximum absolute atomic E-state index is 13.1. The van der Waals surface area contributed by atoms with Crippen LogP contribution < -0.4 is 0 Å². The summed E-state index contributed by atoms with van der Waals surface area (Å²) in [5.41, 5.74) is 1.83. The van der Waals surface area contributed by atoms with Crippen molar-refractivity contribution in [1.82, 2.24) is 24.8 Å². The molecule has 4 saturated heterocycles. The van der Waals surface area contributed by atoms with Gasteiger partial charge in [0.15, 0.2) is 0 Å². The smallest absolute Gasteiger partial charge is 0.320 e. The summed E-state index contributed by atoms with van der Waals surface area (Å²) in [7, 11) is 2.08. The number of carbonyl (C=O) groups is 2. The lowest BCUT2D eigenvalue weighted by atomic mass is 9.93. The van der Waals surface area contributed by atoms with Crippen LogP contribution in [0, 0.1) is 19.8 Å². The predicted octanol–water partition coefficient (Wildman–Crippen LogP) is 1.08. The van der Waals surface area contributed by atoms with Crippen LogP contribution in [0.25, 0.3) is 0 Å². The van der Waals surface area contributed by atoms with E-state index in [9.17, 15) is 9.59 Å². The van der Waals surface area contributed by atoms with Crippen molar-refractivity contribution < 1.29 is 14.1 Å². The summed E-state index contributed by atoms with van der Waals surface area (Å²) < 4.78 is 5.27. The Morgan fingerprint density at radius 2 is 1.85 bits per heavy atom. The van der Waals surface area contributed by atoms with Gasteiger partial charge in [0.1, 0.15) is 5.76 Å². The predicted molar refractivity (Wildman–Crippen MR) is 99.1 cm³/mol. The van der Waals surface area contributed by atoms with E-state index in [0.29, 0.717) is 19.6 Å². The molecule has 0 radical (unpaired) electrons. The molecule has 1 aromatic heterocycles. The second-order valence-electron chi connectivity index (χ2n) is 8.17. The minimum atomic E-state index is -0.0966. The van der Waals surface area contributed by atoms with Gasteiger partial charge in [0, 0.05) is 50.9 Å². The second-order valence-corrected chi connectivity index (χ2v) is 8.17. The minimum Gasteiger partial charge on any atom is -0.361 e. The second kappa shape index (κ2) is 7.14. The van der Waals surface area contributed by atoms with Crippen LogP contribution in [-0.4, -0.2) is 89.1 Å². The highest BCUT2D eigenvalue weighted by Gasteiger charge is 2.43. The van der Waals surface area contributed by atoms with E-state index in [1.165, 1.54) is 0 Å². The molecule has 4 aliphatic rings. The van der Waals surface area contributed by atoms with E-state index in [4.69, 9.17) is 4.52 Å². The van der Waals surface area contributed by atoms with Gasteiger partial charge in [-0.2, -0.15) is 0 Å². The average molecular weight is 375 g/mol. The Labute approximate surface area is 160 Å². The Balaban J connectivity index is 1.49. The number of urea groups is 1. The number of amides is 3. The van der Waals surface area contributed by atoms with Crippen LogP contribution >= 0.6 is 0 Å². The maximum Gasteiger partial charge on any atom is 0.320 e. The van der Waals surface area contributed by atoms with Crippen molar-refractivity contribution in [3.05, 3.63) is 17.0 Å². The Morgan fingerprint density at radius 1 is 1.11 bits per heavy atom.